The van der Waals surface area contributed by atoms with Gasteiger partial charge in [-0.25, -0.2) is 0 Å². The molecule has 1 N–H and O–H groups in total. The number of nitrogens with one attached hydrogen (secondary N) is 1. The van der Waals surface area contributed by atoms with E-state index in [1.807, 2.05) is 38.1 Å². The lowest BCUT2D eigenvalue weighted by atomic mass is 9.92. The molecule has 0 spiro atoms. The smallest absolute Gasteiger partial charge is 0.230 e. The molecule has 0 aromatic heterocycles. The van der Waals surface area contributed by atoms with Gasteiger partial charge in [-0.2, -0.15) is 0 Å². The highest BCUT2D eigenvalue weighted by Crippen LogP contribution is 2.26. The molecule has 0 bridgehead atoms. The Labute approximate surface area is 164 Å². The fourth-order valence-corrected chi connectivity index (χ4v) is 4.39. The molecule has 1 amide bonds. The summed E-state index contributed by atoms with van der Waals surface area (Å²) in [5, 5.41) is 3.57. The molecule has 0 radical (unpaired) electrons. The summed E-state index contributed by atoms with van der Waals surface area (Å²) in [4.78, 5) is 24.0. The fourth-order valence-electron chi connectivity index (χ4n) is 3.13. The fraction of sp³-hybridized carbons (Fsp3) is 0.333. The first-order valence-corrected chi connectivity index (χ1v) is 10.0. The van der Waals surface area contributed by atoms with Crippen LogP contribution in [0.15, 0.2) is 30.3 Å². The average Bonchev–Trinajstić information content (AvgIpc) is 2.55. The van der Waals surface area contributed by atoms with Crippen LogP contribution in [0.1, 0.15) is 45.1 Å². The first-order chi connectivity index (χ1) is 12.3. The second kappa shape index (κ2) is 9.24. The van der Waals surface area contributed by atoms with Gasteiger partial charge in [-0.1, -0.05) is 29.8 Å². The van der Waals surface area contributed by atoms with Gasteiger partial charge in [-0.05, 0) is 67.6 Å². The second-order valence-electron chi connectivity index (χ2n) is 6.44. The molecule has 0 unspecified atom stereocenters. The minimum atomic E-state index is -0.0100. The predicted molar refractivity (Wildman–Crippen MR) is 110 cm³/mol. The molecule has 0 saturated heterocycles. The van der Waals surface area contributed by atoms with E-state index in [0.29, 0.717) is 23.1 Å². The number of amides is 1. The van der Waals surface area contributed by atoms with Crippen molar-refractivity contribution in [2.75, 3.05) is 5.75 Å². The van der Waals surface area contributed by atoms with Gasteiger partial charge in [-0.3, -0.25) is 9.59 Å². The molecular weight excluding hydrogens is 366 g/mol. The summed E-state index contributed by atoms with van der Waals surface area (Å²) in [6.07, 6.45) is 0. The molecule has 0 aliphatic carbocycles. The van der Waals surface area contributed by atoms with Crippen LogP contribution >= 0.6 is 23.4 Å². The van der Waals surface area contributed by atoms with Gasteiger partial charge in [0.1, 0.15) is 0 Å². The minimum Gasteiger partial charge on any atom is -0.351 e. The molecule has 2 rings (SSSR count). The van der Waals surface area contributed by atoms with Gasteiger partial charge >= 0.3 is 0 Å². The maximum atomic E-state index is 12.1. The quantitative estimate of drug-likeness (QED) is 0.676. The molecule has 0 aliphatic rings. The van der Waals surface area contributed by atoms with Crippen LogP contribution in [0.3, 0.4) is 0 Å². The standard InChI is InChI=1S/C21H24ClNO2S/c1-13-8-14(2)21(16(4)24)15(3)19(13)11-26-12-20(25)23-10-17-6-5-7-18(22)9-17/h5-9H,10-12H2,1-4H3,(H,23,25). The molecular formula is C21H24ClNO2S. The first kappa shape index (κ1) is 20.5. The summed E-state index contributed by atoms with van der Waals surface area (Å²) in [7, 11) is 0. The Morgan fingerprint density at radius 3 is 2.50 bits per heavy atom. The SMILES string of the molecule is CC(=O)c1c(C)cc(C)c(CSCC(=O)NCc2cccc(Cl)c2)c1C. The van der Waals surface area contributed by atoms with Gasteiger partial charge in [0.15, 0.2) is 5.78 Å². The number of halogens is 1. The van der Waals surface area contributed by atoms with Crippen molar-refractivity contribution >= 4 is 35.1 Å². The second-order valence-corrected chi connectivity index (χ2v) is 7.87. The van der Waals surface area contributed by atoms with Crippen LogP contribution < -0.4 is 5.32 Å². The Morgan fingerprint density at radius 1 is 1.12 bits per heavy atom. The van der Waals surface area contributed by atoms with Crippen LogP contribution in [-0.2, 0) is 17.1 Å². The molecule has 5 heteroatoms. The highest BCUT2D eigenvalue weighted by molar-refractivity contribution is 7.99. The molecule has 0 atom stereocenters. The first-order valence-electron chi connectivity index (χ1n) is 8.49. The van der Waals surface area contributed by atoms with E-state index >= 15 is 0 Å². The van der Waals surface area contributed by atoms with Crippen molar-refractivity contribution in [3.63, 3.8) is 0 Å². The van der Waals surface area contributed by atoms with E-state index in [2.05, 4.69) is 18.3 Å². The van der Waals surface area contributed by atoms with Crippen LogP contribution in [0.4, 0.5) is 0 Å². The zero-order valence-electron chi connectivity index (χ0n) is 15.6. The lowest BCUT2D eigenvalue weighted by Crippen LogP contribution is -2.24. The number of thioether (sulfide) groups is 1. The summed E-state index contributed by atoms with van der Waals surface area (Å²) < 4.78 is 0. The van der Waals surface area contributed by atoms with Gasteiger partial charge in [0.05, 0.1) is 5.75 Å². The van der Waals surface area contributed by atoms with Gasteiger partial charge in [0.2, 0.25) is 5.91 Å². The molecule has 2 aromatic carbocycles. The molecule has 0 aliphatic heterocycles. The van der Waals surface area contributed by atoms with E-state index in [4.69, 9.17) is 11.6 Å². The highest BCUT2D eigenvalue weighted by Gasteiger charge is 2.14. The lowest BCUT2D eigenvalue weighted by molar-refractivity contribution is -0.118. The Bertz CT molecular complexity index is 833. The number of benzene rings is 2. The Balaban J connectivity index is 1.92. The summed E-state index contributed by atoms with van der Waals surface area (Å²) in [5.74, 6) is 1.17. The molecule has 0 fully saturated rings. The van der Waals surface area contributed by atoms with Gasteiger partial charge < -0.3 is 5.32 Å². The van der Waals surface area contributed by atoms with E-state index in [1.54, 1.807) is 18.7 Å². The highest BCUT2D eigenvalue weighted by atomic mass is 35.5. The van der Waals surface area contributed by atoms with E-state index in [9.17, 15) is 9.59 Å². The Hall–Kier alpha value is -1.78. The summed E-state index contributed by atoms with van der Waals surface area (Å²) in [5.41, 5.74) is 6.14. The topological polar surface area (TPSA) is 46.2 Å². The normalized spacial score (nSPS) is 10.7. The number of hydrogen-bond donors (Lipinski definition) is 1. The maximum absolute atomic E-state index is 12.1. The molecule has 0 heterocycles. The van der Waals surface area contributed by atoms with Gasteiger partial charge in [0, 0.05) is 22.9 Å². The number of ketones is 1. The maximum Gasteiger partial charge on any atom is 0.230 e. The minimum absolute atomic E-state index is 0.0100. The average molecular weight is 390 g/mol. The van der Waals surface area contributed by atoms with Gasteiger partial charge in [0.25, 0.3) is 0 Å². The Morgan fingerprint density at radius 2 is 1.85 bits per heavy atom. The Kier molecular flexibility index (Phi) is 7.30. The van der Waals surface area contributed by atoms with Crippen molar-refractivity contribution in [2.45, 2.75) is 40.0 Å². The van der Waals surface area contributed by atoms with E-state index in [1.165, 1.54) is 0 Å². The van der Waals surface area contributed by atoms with Crippen LogP contribution in [0.2, 0.25) is 5.02 Å². The lowest BCUT2D eigenvalue weighted by Gasteiger charge is -2.15. The van der Waals surface area contributed by atoms with Crippen LogP contribution in [0, 0.1) is 20.8 Å². The number of hydrogen-bond acceptors (Lipinski definition) is 3. The predicted octanol–water partition coefficient (Wildman–Crippen LogP) is 5.02. The third kappa shape index (κ3) is 5.36. The third-order valence-electron chi connectivity index (χ3n) is 4.34. The summed E-state index contributed by atoms with van der Waals surface area (Å²) in [6.45, 7) is 8.09. The van der Waals surface area contributed by atoms with Crippen molar-refractivity contribution < 1.29 is 9.59 Å². The zero-order valence-corrected chi connectivity index (χ0v) is 17.2. The third-order valence-corrected chi connectivity index (χ3v) is 5.54. The molecule has 138 valence electrons. The molecule has 0 saturated carbocycles. The largest absolute Gasteiger partial charge is 0.351 e. The zero-order chi connectivity index (χ0) is 19.3. The van der Waals surface area contributed by atoms with Crippen molar-refractivity contribution in [3.05, 3.63) is 68.7 Å². The number of rotatable bonds is 7. The van der Waals surface area contributed by atoms with E-state index in [0.717, 1.165) is 33.4 Å². The monoisotopic (exact) mass is 389 g/mol. The summed E-state index contributed by atoms with van der Waals surface area (Å²) >= 11 is 7.50. The summed E-state index contributed by atoms with van der Waals surface area (Å²) in [6, 6.07) is 9.51. The van der Waals surface area contributed by atoms with Crippen LogP contribution in [0.25, 0.3) is 0 Å². The van der Waals surface area contributed by atoms with Crippen LogP contribution in [-0.4, -0.2) is 17.4 Å². The van der Waals surface area contributed by atoms with E-state index in [-0.39, 0.29) is 11.7 Å². The molecule has 26 heavy (non-hydrogen) atoms. The van der Waals surface area contributed by atoms with Crippen molar-refractivity contribution in [1.82, 2.24) is 5.32 Å². The number of carbonyl (C=O) groups is 2. The van der Waals surface area contributed by atoms with Gasteiger partial charge in [-0.15, -0.1) is 11.8 Å². The van der Waals surface area contributed by atoms with E-state index < -0.39 is 0 Å². The molecule has 3 nitrogen and oxygen atoms in total. The van der Waals surface area contributed by atoms with Crippen molar-refractivity contribution in [2.24, 2.45) is 0 Å². The van der Waals surface area contributed by atoms with Crippen molar-refractivity contribution in [1.29, 1.82) is 0 Å². The number of Topliss-reactive ketones (excluding diaryl/α,β-unsaturated/α-hetero) is 1. The number of aryl methyl sites for hydroxylation is 2. The van der Waals surface area contributed by atoms with Crippen LogP contribution in [0.5, 0.6) is 0 Å². The number of carbonyl (C=O) groups excluding carboxylic acids is 2. The van der Waals surface area contributed by atoms with Crippen molar-refractivity contribution in [3.8, 4) is 0 Å². The molecule has 2 aromatic rings.